The van der Waals surface area contributed by atoms with E-state index in [1.807, 2.05) is 12.1 Å². The maximum atomic E-state index is 12.0. The Labute approximate surface area is 140 Å². The zero-order valence-electron chi connectivity index (χ0n) is 13.8. The van der Waals surface area contributed by atoms with Gasteiger partial charge in [-0.2, -0.15) is 0 Å². The van der Waals surface area contributed by atoms with Gasteiger partial charge in [0.1, 0.15) is 11.3 Å². The van der Waals surface area contributed by atoms with Gasteiger partial charge < -0.3 is 14.1 Å². The molecule has 4 nitrogen and oxygen atoms in total. The van der Waals surface area contributed by atoms with Gasteiger partial charge in [0.15, 0.2) is 0 Å². The maximum Gasteiger partial charge on any atom is 0.336 e. The number of hydrogen-bond donors (Lipinski definition) is 0. The third-order valence-electron chi connectivity index (χ3n) is 4.73. The molecule has 122 valence electrons. The number of methoxy groups -OCH3 is 1. The number of hydrogen-bond acceptors (Lipinski definition) is 4. The van der Waals surface area contributed by atoms with Crippen LogP contribution in [0.1, 0.15) is 18.1 Å². The van der Waals surface area contributed by atoms with Crippen LogP contribution < -0.4 is 15.3 Å². The molecule has 1 unspecified atom stereocenters. The average Bonchev–Trinajstić information content (AvgIpc) is 2.90. The van der Waals surface area contributed by atoms with Gasteiger partial charge in [0.25, 0.3) is 0 Å². The lowest BCUT2D eigenvalue weighted by Crippen LogP contribution is -2.29. The summed E-state index contributed by atoms with van der Waals surface area (Å²) < 4.78 is 10.6. The molecule has 0 saturated carbocycles. The van der Waals surface area contributed by atoms with E-state index >= 15 is 0 Å². The van der Waals surface area contributed by atoms with E-state index in [2.05, 4.69) is 36.1 Å². The second-order valence-electron chi connectivity index (χ2n) is 6.26. The molecule has 0 N–H and O–H groups in total. The number of ether oxygens (including phenoxy) is 1. The van der Waals surface area contributed by atoms with Crippen LogP contribution in [0.2, 0.25) is 0 Å². The molecule has 0 aliphatic carbocycles. The Morgan fingerprint density at radius 3 is 2.88 bits per heavy atom. The molecule has 4 heteroatoms. The Hall–Kier alpha value is -2.75. The summed E-state index contributed by atoms with van der Waals surface area (Å²) in [6.07, 6.45) is 1.03. The summed E-state index contributed by atoms with van der Waals surface area (Å²) in [5.41, 5.74) is 3.83. The second kappa shape index (κ2) is 5.71. The fourth-order valence-corrected chi connectivity index (χ4v) is 3.52. The first kappa shape index (κ1) is 14.8. The van der Waals surface area contributed by atoms with Gasteiger partial charge in [-0.05, 0) is 42.7 Å². The second-order valence-corrected chi connectivity index (χ2v) is 6.26. The van der Waals surface area contributed by atoms with Crippen LogP contribution in [0.5, 0.6) is 5.75 Å². The normalized spacial score (nSPS) is 16.4. The summed E-state index contributed by atoms with van der Waals surface area (Å²) in [6.45, 7) is 2.91. The first-order valence-electron chi connectivity index (χ1n) is 8.11. The Bertz CT molecular complexity index is 961. The van der Waals surface area contributed by atoms with Gasteiger partial charge in [-0.15, -0.1) is 0 Å². The van der Waals surface area contributed by atoms with E-state index in [9.17, 15) is 4.79 Å². The van der Waals surface area contributed by atoms with Gasteiger partial charge in [-0.3, -0.25) is 0 Å². The molecule has 2 aromatic carbocycles. The van der Waals surface area contributed by atoms with E-state index < -0.39 is 0 Å². The lowest BCUT2D eigenvalue weighted by molar-refractivity contribution is 0.414. The van der Waals surface area contributed by atoms with Gasteiger partial charge in [0.2, 0.25) is 0 Å². The molecule has 3 aromatic rings. The van der Waals surface area contributed by atoms with E-state index in [-0.39, 0.29) is 5.63 Å². The minimum absolute atomic E-state index is 0.328. The molecule has 2 heterocycles. The Morgan fingerprint density at radius 2 is 2.04 bits per heavy atom. The van der Waals surface area contributed by atoms with Gasteiger partial charge in [-0.25, -0.2) is 4.79 Å². The molecule has 1 aromatic heterocycles. The molecule has 1 atom stereocenters. The van der Waals surface area contributed by atoms with Crippen LogP contribution in [-0.4, -0.2) is 13.2 Å². The summed E-state index contributed by atoms with van der Waals surface area (Å²) in [6, 6.07) is 16.1. The first-order chi connectivity index (χ1) is 11.7. The van der Waals surface area contributed by atoms with Crippen molar-refractivity contribution in [1.82, 2.24) is 0 Å². The van der Waals surface area contributed by atoms with E-state index in [4.69, 9.17) is 9.15 Å². The SMILES string of the molecule is COc1ccc2c(CN3c4ccccc4CC3C)cc(=O)oc2c1. The van der Waals surface area contributed by atoms with Crippen molar-refractivity contribution in [2.45, 2.75) is 25.9 Å². The highest BCUT2D eigenvalue weighted by Crippen LogP contribution is 2.34. The number of nitrogens with zero attached hydrogens (tertiary/aromatic N) is 1. The number of benzene rings is 2. The third-order valence-corrected chi connectivity index (χ3v) is 4.73. The standard InChI is InChI=1S/C20H19NO3/c1-13-9-14-5-3-4-6-18(14)21(13)12-15-10-20(22)24-19-11-16(23-2)7-8-17(15)19/h3-8,10-11,13H,9,12H2,1-2H3. The van der Waals surface area contributed by atoms with Crippen molar-refractivity contribution in [2.75, 3.05) is 12.0 Å². The first-order valence-corrected chi connectivity index (χ1v) is 8.11. The van der Waals surface area contributed by atoms with E-state index in [1.165, 1.54) is 11.3 Å². The van der Waals surface area contributed by atoms with Crippen molar-refractivity contribution in [1.29, 1.82) is 0 Å². The predicted octanol–water partition coefficient (Wildman–Crippen LogP) is 3.75. The Morgan fingerprint density at radius 1 is 1.21 bits per heavy atom. The van der Waals surface area contributed by atoms with E-state index in [1.54, 1.807) is 19.2 Å². The summed E-state index contributed by atoms with van der Waals surface area (Å²) in [5, 5.41) is 0.951. The minimum atomic E-state index is -0.328. The molecule has 4 rings (SSSR count). The fraction of sp³-hybridized carbons (Fsp3) is 0.250. The lowest BCUT2D eigenvalue weighted by Gasteiger charge is -2.25. The molecule has 0 fully saturated rings. The smallest absolute Gasteiger partial charge is 0.336 e. The van der Waals surface area contributed by atoms with Crippen LogP contribution in [0.3, 0.4) is 0 Å². The zero-order valence-corrected chi connectivity index (χ0v) is 13.8. The Kier molecular flexibility index (Phi) is 3.53. The highest BCUT2D eigenvalue weighted by atomic mass is 16.5. The molecule has 0 spiro atoms. The van der Waals surface area contributed by atoms with Crippen LogP contribution in [0.25, 0.3) is 11.0 Å². The van der Waals surface area contributed by atoms with Crippen LogP contribution in [-0.2, 0) is 13.0 Å². The molecule has 24 heavy (non-hydrogen) atoms. The summed E-state index contributed by atoms with van der Waals surface area (Å²) in [4.78, 5) is 14.3. The minimum Gasteiger partial charge on any atom is -0.497 e. The summed E-state index contributed by atoms with van der Waals surface area (Å²) >= 11 is 0. The van der Waals surface area contributed by atoms with Crippen molar-refractivity contribution in [2.24, 2.45) is 0 Å². The van der Waals surface area contributed by atoms with Crippen molar-refractivity contribution in [3.8, 4) is 5.75 Å². The number of anilines is 1. The van der Waals surface area contributed by atoms with Crippen LogP contribution in [0.4, 0.5) is 5.69 Å². The van der Waals surface area contributed by atoms with Gasteiger partial charge in [0.05, 0.1) is 7.11 Å². The molecule has 0 saturated heterocycles. The lowest BCUT2D eigenvalue weighted by atomic mass is 10.1. The zero-order chi connectivity index (χ0) is 16.7. The molecule has 0 amide bonds. The van der Waals surface area contributed by atoms with Crippen molar-refractivity contribution < 1.29 is 9.15 Å². The van der Waals surface area contributed by atoms with Crippen LogP contribution in [0, 0.1) is 0 Å². The molecule has 0 bridgehead atoms. The van der Waals surface area contributed by atoms with Gasteiger partial charge in [-0.1, -0.05) is 18.2 Å². The molecule has 0 radical (unpaired) electrons. The van der Waals surface area contributed by atoms with E-state index in [0.717, 1.165) is 17.4 Å². The summed E-state index contributed by atoms with van der Waals surface area (Å²) in [5.74, 6) is 0.683. The topological polar surface area (TPSA) is 42.7 Å². The van der Waals surface area contributed by atoms with Crippen molar-refractivity contribution >= 4 is 16.7 Å². The average molecular weight is 321 g/mol. The number of fused-ring (bicyclic) bond motifs is 2. The molecule has 1 aliphatic heterocycles. The number of rotatable bonds is 3. The van der Waals surface area contributed by atoms with Gasteiger partial charge in [0, 0.05) is 35.8 Å². The van der Waals surface area contributed by atoms with Crippen molar-refractivity contribution in [3.63, 3.8) is 0 Å². The molecular formula is C20H19NO3. The third kappa shape index (κ3) is 2.44. The van der Waals surface area contributed by atoms with Crippen LogP contribution >= 0.6 is 0 Å². The maximum absolute atomic E-state index is 12.0. The summed E-state index contributed by atoms with van der Waals surface area (Å²) in [7, 11) is 1.60. The largest absolute Gasteiger partial charge is 0.497 e. The van der Waals surface area contributed by atoms with Gasteiger partial charge >= 0.3 is 5.63 Å². The van der Waals surface area contributed by atoms with Crippen LogP contribution in [0.15, 0.2) is 57.7 Å². The van der Waals surface area contributed by atoms with Crippen molar-refractivity contribution in [3.05, 3.63) is 70.1 Å². The highest BCUT2D eigenvalue weighted by Gasteiger charge is 2.26. The molecule has 1 aliphatic rings. The fourth-order valence-electron chi connectivity index (χ4n) is 3.52. The Balaban J connectivity index is 1.79. The molecular weight excluding hydrogens is 302 g/mol. The monoisotopic (exact) mass is 321 g/mol. The predicted molar refractivity (Wildman–Crippen MR) is 94.8 cm³/mol. The van der Waals surface area contributed by atoms with E-state index in [0.29, 0.717) is 23.9 Å². The number of para-hydroxylation sites is 1. The highest BCUT2D eigenvalue weighted by molar-refractivity contribution is 5.82. The quantitative estimate of drug-likeness (QED) is 0.689.